The zero-order valence-electron chi connectivity index (χ0n) is 16.7. The Morgan fingerprint density at radius 2 is 1.61 bits per heavy atom. The predicted molar refractivity (Wildman–Crippen MR) is 122 cm³/mol. The van der Waals surface area contributed by atoms with E-state index in [0.29, 0.717) is 33.5 Å². The van der Waals surface area contributed by atoms with E-state index in [4.69, 9.17) is 0 Å². The number of benzene rings is 3. The average molecular weight is 432 g/mol. The van der Waals surface area contributed by atoms with Gasteiger partial charge in [-0.1, -0.05) is 54.6 Å². The summed E-state index contributed by atoms with van der Waals surface area (Å²) in [5.41, 5.74) is 3.40. The second-order valence-corrected chi connectivity index (χ2v) is 8.56. The molecule has 3 aromatic rings. The molecule has 0 saturated heterocycles. The number of nitrogens with zero attached hydrogens (tertiary/aromatic N) is 1. The molecule has 3 aromatic carbocycles. The molecule has 2 N–H and O–H groups in total. The van der Waals surface area contributed by atoms with E-state index in [2.05, 4.69) is 22.7 Å². The van der Waals surface area contributed by atoms with Crippen LogP contribution in [0.2, 0.25) is 0 Å². The number of sulfonamides is 1. The molecular formula is C24H21N3O3S. The fourth-order valence-electron chi connectivity index (χ4n) is 3.07. The largest absolute Gasteiger partial charge is 0.322 e. The molecule has 0 unspecified atom stereocenters. The molecule has 0 aliphatic heterocycles. The van der Waals surface area contributed by atoms with E-state index in [0.717, 1.165) is 0 Å². The maximum atomic E-state index is 12.9. The number of hydrogen-bond donors (Lipinski definition) is 2. The Labute approximate surface area is 181 Å². The minimum absolute atomic E-state index is 0.164. The highest BCUT2D eigenvalue weighted by Gasteiger charge is 2.15. The van der Waals surface area contributed by atoms with Crippen LogP contribution in [-0.2, 0) is 15.8 Å². The van der Waals surface area contributed by atoms with Crippen molar-refractivity contribution in [3.05, 3.63) is 102 Å². The molecule has 0 aliphatic carbocycles. The SMILES string of the molecule is C=CCNS(=O)(=O)Cc1ccc(NC(=O)c2ccccc2-c2ccccc2C#N)cc1. The van der Waals surface area contributed by atoms with Crippen LogP contribution in [0.15, 0.2) is 85.5 Å². The van der Waals surface area contributed by atoms with Crippen LogP contribution >= 0.6 is 0 Å². The van der Waals surface area contributed by atoms with E-state index in [1.54, 1.807) is 60.7 Å². The van der Waals surface area contributed by atoms with Gasteiger partial charge >= 0.3 is 0 Å². The normalized spacial score (nSPS) is 10.8. The summed E-state index contributed by atoms with van der Waals surface area (Å²) in [6.45, 7) is 3.66. The summed E-state index contributed by atoms with van der Waals surface area (Å²) >= 11 is 0. The lowest BCUT2D eigenvalue weighted by molar-refractivity contribution is 0.102. The van der Waals surface area contributed by atoms with Gasteiger partial charge in [-0.3, -0.25) is 4.79 Å². The van der Waals surface area contributed by atoms with Crippen LogP contribution in [0.4, 0.5) is 5.69 Å². The fourth-order valence-corrected chi connectivity index (χ4v) is 4.18. The van der Waals surface area contributed by atoms with E-state index < -0.39 is 10.0 Å². The Hall–Kier alpha value is -3.73. The molecule has 0 aromatic heterocycles. The van der Waals surface area contributed by atoms with Gasteiger partial charge in [0, 0.05) is 23.4 Å². The molecule has 6 nitrogen and oxygen atoms in total. The molecule has 0 aliphatic rings. The van der Waals surface area contributed by atoms with Gasteiger partial charge in [0.25, 0.3) is 5.91 Å². The first-order chi connectivity index (χ1) is 14.9. The number of nitrogens with one attached hydrogen (secondary N) is 2. The number of hydrogen-bond acceptors (Lipinski definition) is 4. The second kappa shape index (κ2) is 9.85. The Balaban J connectivity index is 1.79. The molecule has 0 heterocycles. The van der Waals surface area contributed by atoms with Crippen molar-refractivity contribution in [2.45, 2.75) is 5.75 Å². The van der Waals surface area contributed by atoms with Crippen LogP contribution in [0, 0.1) is 11.3 Å². The maximum absolute atomic E-state index is 12.9. The number of carbonyl (C=O) groups is 1. The topological polar surface area (TPSA) is 99.1 Å². The standard InChI is InChI=1S/C24H21N3O3S/c1-2-15-26-31(29,30)17-18-11-13-20(14-12-18)27-24(28)23-10-6-5-9-22(23)21-8-4-3-7-19(21)16-25/h2-14,26H,1,15,17H2,(H,27,28). The lowest BCUT2D eigenvalue weighted by atomic mass is 9.95. The third-order valence-corrected chi connectivity index (χ3v) is 5.85. The van der Waals surface area contributed by atoms with Crippen LogP contribution in [0.5, 0.6) is 0 Å². The summed E-state index contributed by atoms with van der Waals surface area (Å²) in [5, 5.41) is 12.2. The van der Waals surface area contributed by atoms with E-state index in [-0.39, 0.29) is 18.2 Å². The number of carbonyl (C=O) groups excluding carboxylic acids is 1. The van der Waals surface area contributed by atoms with Crippen molar-refractivity contribution in [2.24, 2.45) is 0 Å². The number of anilines is 1. The lowest BCUT2D eigenvalue weighted by Crippen LogP contribution is -2.25. The van der Waals surface area contributed by atoms with Gasteiger partial charge in [0.2, 0.25) is 10.0 Å². The third kappa shape index (κ3) is 5.66. The van der Waals surface area contributed by atoms with Gasteiger partial charge in [-0.05, 0) is 35.4 Å². The predicted octanol–water partition coefficient (Wildman–Crippen LogP) is 4.08. The summed E-state index contributed by atoms with van der Waals surface area (Å²) in [5.74, 6) is -0.487. The first-order valence-electron chi connectivity index (χ1n) is 9.50. The first kappa shape index (κ1) is 22.0. The maximum Gasteiger partial charge on any atom is 0.256 e. The van der Waals surface area contributed by atoms with Gasteiger partial charge in [0.1, 0.15) is 0 Å². The zero-order valence-corrected chi connectivity index (χ0v) is 17.5. The quantitative estimate of drug-likeness (QED) is 0.525. The number of amides is 1. The fraction of sp³-hybridized carbons (Fsp3) is 0.0833. The number of rotatable bonds is 8. The Morgan fingerprint density at radius 1 is 0.968 bits per heavy atom. The highest BCUT2D eigenvalue weighted by molar-refractivity contribution is 7.88. The Kier molecular flexibility index (Phi) is 6.98. The molecule has 3 rings (SSSR count). The van der Waals surface area contributed by atoms with E-state index in [1.165, 1.54) is 6.08 Å². The molecule has 1 amide bonds. The van der Waals surface area contributed by atoms with Gasteiger partial charge in [-0.2, -0.15) is 5.26 Å². The lowest BCUT2D eigenvalue weighted by Gasteiger charge is -2.12. The summed E-state index contributed by atoms with van der Waals surface area (Å²) in [6.07, 6.45) is 1.48. The van der Waals surface area contributed by atoms with Crippen LogP contribution in [-0.4, -0.2) is 20.9 Å². The molecule has 0 fully saturated rings. The molecule has 0 atom stereocenters. The summed E-state index contributed by atoms with van der Waals surface area (Å²) < 4.78 is 26.4. The van der Waals surface area contributed by atoms with Gasteiger partial charge < -0.3 is 5.32 Å². The Morgan fingerprint density at radius 3 is 2.29 bits per heavy atom. The van der Waals surface area contributed by atoms with Crippen LogP contribution in [0.3, 0.4) is 0 Å². The van der Waals surface area contributed by atoms with Crippen molar-refractivity contribution >= 4 is 21.6 Å². The molecule has 0 radical (unpaired) electrons. The molecule has 0 saturated carbocycles. The minimum Gasteiger partial charge on any atom is -0.322 e. The van der Waals surface area contributed by atoms with Gasteiger partial charge in [0.15, 0.2) is 0 Å². The van der Waals surface area contributed by atoms with E-state index >= 15 is 0 Å². The highest BCUT2D eigenvalue weighted by atomic mass is 32.2. The van der Waals surface area contributed by atoms with Crippen molar-refractivity contribution in [3.8, 4) is 17.2 Å². The molecule has 0 bridgehead atoms. The minimum atomic E-state index is -3.45. The molecule has 0 spiro atoms. The van der Waals surface area contributed by atoms with Crippen LogP contribution in [0.25, 0.3) is 11.1 Å². The monoisotopic (exact) mass is 431 g/mol. The third-order valence-electron chi connectivity index (χ3n) is 4.53. The molecule has 31 heavy (non-hydrogen) atoms. The second-order valence-electron chi connectivity index (χ2n) is 6.75. The first-order valence-corrected chi connectivity index (χ1v) is 11.2. The smallest absolute Gasteiger partial charge is 0.256 e. The van der Waals surface area contributed by atoms with E-state index in [1.807, 2.05) is 12.1 Å². The van der Waals surface area contributed by atoms with Crippen molar-refractivity contribution in [1.29, 1.82) is 5.26 Å². The van der Waals surface area contributed by atoms with Crippen molar-refractivity contribution in [3.63, 3.8) is 0 Å². The Bertz CT molecular complexity index is 1240. The van der Waals surface area contributed by atoms with Crippen LogP contribution in [0.1, 0.15) is 21.5 Å². The van der Waals surface area contributed by atoms with Gasteiger partial charge in [-0.15, -0.1) is 6.58 Å². The van der Waals surface area contributed by atoms with Crippen molar-refractivity contribution in [1.82, 2.24) is 4.72 Å². The molecule has 7 heteroatoms. The van der Waals surface area contributed by atoms with Gasteiger partial charge in [0.05, 0.1) is 17.4 Å². The number of nitriles is 1. The van der Waals surface area contributed by atoms with Crippen molar-refractivity contribution in [2.75, 3.05) is 11.9 Å². The highest BCUT2D eigenvalue weighted by Crippen LogP contribution is 2.27. The molecule has 156 valence electrons. The average Bonchev–Trinajstić information content (AvgIpc) is 2.79. The molecular weight excluding hydrogens is 410 g/mol. The van der Waals surface area contributed by atoms with Crippen molar-refractivity contribution < 1.29 is 13.2 Å². The van der Waals surface area contributed by atoms with E-state index in [9.17, 15) is 18.5 Å². The zero-order chi connectivity index (χ0) is 22.3. The van der Waals surface area contributed by atoms with Crippen LogP contribution < -0.4 is 10.0 Å². The summed E-state index contributed by atoms with van der Waals surface area (Å²) in [4.78, 5) is 12.9. The summed E-state index contributed by atoms with van der Waals surface area (Å²) in [7, 11) is -3.45. The summed E-state index contributed by atoms with van der Waals surface area (Å²) in [6, 6.07) is 23.0. The van der Waals surface area contributed by atoms with Gasteiger partial charge in [-0.25, -0.2) is 13.1 Å².